The number of halogens is 1. The van der Waals surface area contributed by atoms with E-state index in [0.29, 0.717) is 6.54 Å². The lowest BCUT2D eigenvalue weighted by Gasteiger charge is -2.35. The molecule has 2 aliphatic heterocycles. The van der Waals surface area contributed by atoms with Crippen molar-refractivity contribution in [1.29, 1.82) is 0 Å². The number of hydrogen-bond acceptors (Lipinski definition) is 4. The first-order valence-corrected chi connectivity index (χ1v) is 10.4. The SMILES string of the molecule is CCC1CCCCN1CCNC(=NC)NCc1nnc2n1CCCCC2.I. The summed E-state index contributed by atoms with van der Waals surface area (Å²) in [6, 6.07) is 0.756. The number of hydrogen-bond donors (Lipinski definition) is 2. The Balaban J connectivity index is 0.00000261. The molecule has 0 spiro atoms. The zero-order valence-electron chi connectivity index (χ0n) is 16.9. The molecule has 154 valence electrons. The second-order valence-corrected chi connectivity index (χ2v) is 7.44. The van der Waals surface area contributed by atoms with Crippen molar-refractivity contribution < 1.29 is 0 Å². The summed E-state index contributed by atoms with van der Waals surface area (Å²) in [6.45, 7) is 7.26. The fourth-order valence-corrected chi connectivity index (χ4v) is 4.19. The molecular weight excluding hydrogens is 453 g/mol. The van der Waals surface area contributed by atoms with Crippen LogP contribution < -0.4 is 10.6 Å². The van der Waals surface area contributed by atoms with Crippen LogP contribution in [0.5, 0.6) is 0 Å². The summed E-state index contributed by atoms with van der Waals surface area (Å²) in [5, 5.41) is 15.6. The monoisotopic (exact) mass is 489 g/mol. The lowest BCUT2D eigenvalue weighted by atomic mass is 10.0. The molecule has 0 aliphatic carbocycles. The van der Waals surface area contributed by atoms with E-state index in [1.165, 1.54) is 51.5 Å². The summed E-state index contributed by atoms with van der Waals surface area (Å²) in [4.78, 5) is 6.99. The van der Waals surface area contributed by atoms with Crippen LogP contribution >= 0.6 is 24.0 Å². The number of aryl methyl sites for hydroxylation is 1. The Hall–Kier alpha value is -0.900. The Kier molecular flexibility index (Phi) is 9.81. The van der Waals surface area contributed by atoms with Crippen molar-refractivity contribution in [1.82, 2.24) is 30.3 Å². The van der Waals surface area contributed by atoms with Crippen LogP contribution in [0.3, 0.4) is 0 Å². The summed E-state index contributed by atoms with van der Waals surface area (Å²) in [5.41, 5.74) is 0. The number of nitrogens with zero attached hydrogens (tertiary/aromatic N) is 5. The van der Waals surface area contributed by atoms with Gasteiger partial charge in [-0.2, -0.15) is 0 Å². The van der Waals surface area contributed by atoms with Gasteiger partial charge in [0.15, 0.2) is 11.8 Å². The smallest absolute Gasteiger partial charge is 0.191 e. The van der Waals surface area contributed by atoms with Crippen LogP contribution in [0.2, 0.25) is 0 Å². The highest BCUT2D eigenvalue weighted by atomic mass is 127. The Morgan fingerprint density at radius 3 is 2.78 bits per heavy atom. The zero-order chi connectivity index (χ0) is 18.2. The molecule has 1 aromatic heterocycles. The van der Waals surface area contributed by atoms with Crippen LogP contribution in [0.15, 0.2) is 4.99 Å². The second-order valence-electron chi connectivity index (χ2n) is 7.44. The molecule has 2 N–H and O–H groups in total. The molecule has 7 nitrogen and oxygen atoms in total. The molecule has 1 saturated heterocycles. The lowest BCUT2D eigenvalue weighted by molar-refractivity contribution is 0.147. The van der Waals surface area contributed by atoms with Gasteiger partial charge in [-0.1, -0.05) is 19.8 Å². The highest BCUT2D eigenvalue weighted by Gasteiger charge is 2.20. The average Bonchev–Trinajstić information content (AvgIpc) is 2.91. The number of nitrogens with one attached hydrogen (secondary N) is 2. The van der Waals surface area contributed by atoms with Crippen LogP contribution in [0, 0.1) is 0 Å². The molecule has 2 aliphatic rings. The molecule has 0 amide bonds. The summed E-state index contributed by atoms with van der Waals surface area (Å²) >= 11 is 0. The normalized spacial score (nSPS) is 21.1. The molecular formula is C19H36IN7. The fourth-order valence-electron chi connectivity index (χ4n) is 4.19. The van der Waals surface area contributed by atoms with Gasteiger partial charge in [0, 0.05) is 39.1 Å². The van der Waals surface area contributed by atoms with Gasteiger partial charge in [-0.15, -0.1) is 34.2 Å². The minimum atomic E-state index is 0. The van der Waals surface area contributed by atoms with E-state index in [9.17, 15) is 0 Å². The predicted molar refractivity (Wildman–Crippen MR) is 121 cm³/mol. The van der Waals surface area contributed by atoms with E-state index in [2.05, 4.69) is 42.2 Å². The molecule has 1 aromatic rings. The molecule has 1 unspecified atom stereocenters. The van der Waals surface area contributed by atoms with Gasteiger partial charge in [-0.05, 0) is 38.6 Å². The standard InChI is InChI=1S/C19H35N7.HI/c1-3-16-9-6-8-12-25(16)14-11-21-19(20-2)22-15-18-24-23-17-10-5-4-7-13-26(17)18;/h16H,3-15H2,1-2H3,(H2,20,21,22);1H. The van der Waals surface area contributed by atoms with Crippen LogP contribution in [-0.2, 0) is 19.5 Å². The summed E-state index contributed by atoms with van der Waals surface area (Å²) in [7, 11) is 1.83. The van der Waals surface area contributed by atoms with Crippen molar-refractivity contribution in [3.05, 3.63) is 11.6 Å². The quantitative estimate of drug-likeness (QED) is 0.365. The maximum atomic E-state index is 4.38. The average molecular weight is 489 g/mol. The van der Waals surface area contributed by atoms with Gasteiger partial charge >= 0.3 is 0 Å². The van der Waals surface area contributed by atoms with E-state index in [1.54, 1.807) is 0 Å². The van der Waals surface area contributed by atoms with E-state index < -0.39 is 0 Å². The molecule has 8 heteroatoms. The van der Waals surface area contributed by atoms with Gasteiger partial charge < -0.3 is 15.2 Å². The van der Waals surface area contributed by atoms with Gasteiger partial charge in [-0.3, -0.25) is 9.89 Å². The van der Waals surface area contributed by atoms with Crippen molar-refractivity contribution >= 4 is 29.9 Å². The molecule has 3 heterocycles. The second kappa shape index (κ2) is 11.8. The number of likely N-dealkylation sites (tertiary alicyclic amines) is 1. The maximum Gasteiger partial charge on any atom is 0.191 e. The van der Waals surface area contributed by atoms with Crippen LogP contribution in [0.1, 0.15) is 63.5 Å². The Bertz CT molecular complexity index is 587. The lowest BCUT2D eigenvalue weighted by Crippen LogP contribution is -2.45. The third-order valence-electron chi connectivity index (χ3n) is 5.74. The van der Waals surface area contributed by atoms with Crippen molar-refractivity contribution in [3.63, 3.8) is 0 Å². The van der Waals surface area contributed by atoms with E-state index in [0.717, 1.165) is 49.7 Å². The third kappa shape index (κ3) is 6.30. The summed E-state index contributed by atoms with van der Waals surface area (Å²) in [6.07, 6.45) is 10.1. The maximum absolute atomic E-state index is 4.38. The number of piperidine rings is 1. The van der Waals surface area contributed by atoms with E-state index in [-0.39, 0.29) is 24.0 Å². The highest BCUT2D eigenvalue weighted by Crippen LogP contribution is 2.18. The van der Waals surface area contributed by atoms with Gasteiger partial charge in [0.1, 0.15) is 5.82 Å². The van der Waals surface area contributed by atoms with E-state index in [4.69, 9.17) is 0 Å². The topological polar surface area (TPSA) is 70.4 Å². The number of rotatable bonds is 6. The van der Waals surface area contributed by atoms with E-state index >= 15 is 0 Å². The Morgan fingerprint density at radius 2 is 1.96 bits per heavy atom. The first-order valence-electron chi connectivity index (χ1n) is 10.4. The fraction of sp³-hybridized carbons (Fsp3) is 0.842. The minimum absolute atomic E-state index is 0. The number of aliphatic imine (C=N–C) groups is 1. The number of aromatic nitrogens is 3. The number of guanidine groups is 1. The van der Waals surface area contributed by atoms with Gasteiger partial charge in [0.2, 0.25) is 0 Å². The van der Waals surface area contributed by atoms with Crippen molar-refractivity contribution in [2.75, 3.05) is 26.7 Å². The first-order chi connectivity index (χ1) is 12.8. The van der Waals surface area contributed by atoms with Crippen molar-refractivity contribution in [3.8, 4) is 0 Å². The van der Waals surface area contributed by atoms with Crippen molar-refractivity contribution in [2.24, 2.45) is 4.99 Å². The molecule has 0 bridgehead atoms. The third-order valence-corrected chi connectivity index (χ3v) is 5.74. The Morgan fingerprint density at radius 1 is 1.11 bits per heavy atom. The van der Waals surface area contributed by atoms with Gasteiger partial charge in [-0.25, -0.2) is 0 Å². The zero-order valence-corrected chi connectivity index (χ0v) is 19.2. The summed E-state index contributed by atoms with van der Waals surface area (Å²) in [5.74, 6) is 3.01. The molecule has 27 heavy (non-hydrogen) atoms. The summed E-state index contributed by atoms with van der Waals surface area (Å²) < 4.78 is 2.28. The number of fused-ring (bicyclic) bond motifs is 1. The Labute approximate surface area is 180 Å². The first kappa shape index (κ1) is 22.4. The van der Waals surface area contributed by atoms with Crippen molar-refractivity contribution in [2.45, 2.75) is 77.4 Å². The molecule has 1 fully saturated rings. The largest absolute Gasteiger partial charge is 0.355 e. The molecule has 0 aromatic carbocycles. The molecule has 1 atom stereocenters. The highest BCUT2D eigenvalue weighted by molar-refractivity contribution is 14.0. The molecule has 3 rings (SSSR count). The predicted octanol–water partition coefficient (Wildman–Crippen LogP) is 2.55. The van der Waals surface area contributed by atoms with Gasteiger partial charge in [0.05, 0.1) is 6.54 Å². The van der Waals surface area contributed by atoms with E-state index in [1.807, 2.05) is 7.05 Å². The van der Waals surface area contributed by atoms with Crippen LogP contribution in [0.25, 0.3) is 0 Å². The van der Waals surface area contributed by atoms with Gasteiger partial charge in [0.25, 0.3) is 0 Å². The van der Waals surface area contributed by atoms with Crippen LogP contribution in [0.4, 0.5) is 0 Å². The minimum Gasteiger partial charge on any atom is -0.355 e. The van der Waals surface area contributed by atoms with Crippen LogP contribution in [-0.4, -0.2) is 58.3 Å². The molecule has 0 radical (unpaired) electrons. The molecule has 0 saturated carbocycles.